The molecule has 1 atom stereocenters. The SMILES string of the molecule is CCCCNC(=O)C(C)N(Cc1cccc(C)c1)C(=O)Cc1ccccc1C. The lowest BCUT2D eigenvalue weighted by Crippen LogP contribution is -2.48. The number of nitrogens with one attached hydrogen (secondary N) is 1. The van der Waals surface area contributed by atoms with Crippen molar-refractivity contribution >= 4 is 11.8 Å². The molecule has 0 aliphatic rings. The third kappa shape index (κ3) is 6.22. The summed E-state index contributed by atoms with van der Waals surface area (Å²) < 4.78 is 0. The summed E-state index contributed by atoms with van der Waals surface area (Å²) >= 11 is 0. The van der Waals surface area contributed by atoms with E-state index in [1.54, 1.807) is 4.90 Å². The molecule has 0 aliphatic carbocycles. The largest absolute Gasteiger partial charge is 0.354 e. The number of carbonyl (C=O) groups is 2. The third-order valence-electron chi connectivity index (χ3n) is 5.04. The summed E-state index contributed by atoms with van der Waals surface area (Å²) in [5.41, 5.74) is 4.27. The fraction of sp³-hybridized carbons (Fsp3) is 0.417. The van der Waals surface area contributed by atoms with Crippen LogP contribution in [0.2, 0.25) is 0 Å². The molecule has 2 amide bonds. The Kier molecular flexibility index (Phi) is 8.24. The summed E-state index contributed by atoms with van der Waals surface area (Å²) in [4.78, 5) is 27.5. The number of hydrogen-bond acceptors (Lipinski definition) is 2. The van der Waals surface area contributed by atoms with Crippen LogP contribution in [0.15, 0.2) is 48.5 Å². The summed E-state index contributed by atoms with van der Waals surface area (Å²) in [5, 5.41) is 2.96. The smallest absolute Gasteiger partial charge is 0.242 e. The first-order valence-corrected chi connectivity index (χ1v) is 10.1. The van der Waals surface area contributed by atoms with Gasteiger partial charge in [-0.1, -0.05) is 67.4 Å². The molecule has 0 heterocycles. The predicted octanol–water partition coefficient (Wildman–Crippen LogP) is 4.18. The van der Waals surface area contributed by atoms with E-state index in [2.05, 4.69) is 18.3 Å². The van der Waals surface area contributed by atoms with Crippen LogP contribution in [0.4, 0.5) is 0 Å². The zero-order valence-electron chi connectivity index (χ0n) is 17.5. The maximum absolute atomic E-state index is 13.2. The highest BCUT2D eigenvalue weighted by molar-refractivity contribution is 5.88. The van der Waals surface area contributed by atoms with Gasteiger partial charge < -0.3 is 10.2 Å². The van der Waals surface area contributed by atoms with Gasteiger partial charge >= 0.3 is 0 Å². The molecule has 0 saturated heterocycles. The van der Waals surface area contributed by atoms with Crippen molar-refractivity contribution in [3.63, 3.8) is 0 Å². The Hall–Kier alpha value is -2.62. The van der Waals surface area contributed by atoms with Gasteiger partial charge in [0.2, 0.25) is 11.8 Å². The standard InChI is InChI=1S/C24H32N2O2/c1-5-6-14-25-24(28)20(4)26(17-21-12-9-10-18(2)15-21)23(27)16-22-13-8-7-11-19(22)3/h7-13,15,20H,5-6,14,16-17H2,1-4H3,(H,25,28). The Balaban J connectivity index is 2.20. The Morgan fingerprint density at radius 2 is 1.82 bits per heavy atom. The topological polar surface area (TPSA) is 49.4 Å². The lowest BCUT2D eigenvalue weighted by atomic mass is 10.0. The number of carbonyl (C=O) groups excluding carboxylic acids is 2. The van der Waals surface area contributed by atoms with Crippen LogP contribution in [0.1, 0.15) is 48.9 Å². The molecule has 2 aromatic carbocycles. The van der Waals surface area contributed by atoms with E-state index >= 15 is 0 Å². The Bertz CT molecular complexity index is 801. The molecular weight excluding hydrogens is 348 g/mol. The number of hydrogen-bond donors (Lipinski definition) is 1. The van der Waals surface area contributed by atoms with Crippen LogP contribution in [0.3, 0.4) is 0 Å². The Labute approximate surface area is 169 Å². The fourth-order valence-electron chi connectivity index (χ4n) is 3.20. The van der Waals surface area contributed by atoms with E-state index in [-0.39, 0.29) is 11.8 Å². The molecule has 0 fully saturated rings. The molecule has 0 aromatic heterocycles. The second-order valence-electron chi connectivity index (χ2n) is 7.43. The monoisotopic (exact) mass is 380 g/mol. The summed E-state index contributed by atoms with van der Waals surface area (Å²) in [6.07, 6.45) is 2.26. The van der Waals surface area contributed by atoms with E-state index in [9.17, 15) is 9.59 Å². The van der Waals surface area contributed by atoms with Gasteiger partial charge in [-0.2, -0.15) is 0 Å². The van der Waals surface area contributed by atoms with E-state index in [0.29, 0.717) is 19.5 Å². The van der Waals surface area contributed by atoms with E-state index in [0.717, 1.165) is 35.1 Å². The number of benzene rings is 2. The van der Waals surface area contributed by atoms with E-state index in [4.69, 9.17) is 0 Å². The minimum Gasteiger partial charge on any atom is -0.354 e. The molecule has 4 heteroatoms. The van der Waals surface area contributed by atoms with Crippen LogP contribution in [0, 0.1) is 13.8 Å². The quantitative estimate of drug-likeness (QED) is 0.664. The number of unbranched alkanes of at least 4 members (excludes halogenated alkanes) is 1. The normalized spacial score (nSPS) is 11.7. The molecule has 4 nitrogen and oxygen atoms in total. The zero-order chi connectivity index (χ0) is 20.5. The molecule has 0 bridgehead atoms. The molecule has 2 aromatic rings. The van der Waals surface area contributed by atoms with E-state index in [1.807, 2.05) is 63.2 Å². The molecule has 150 valence electrons. The van der Waals surface area contributed by atoms with Gasteiger partial charge in [0.05, 0.1) is 6.42 Å². The molecule has 0 spiro atoms. The maximum Gasteiger partial charge on any atom is 0.242 e. The van der Waals surface area contributed by atoms with Crippen molar-refractivity contribution in [2.24, 2.45) is 0 Å². The first-order chi connectivity index (χ1) is 13.4. The van der Waals surface area contributed by atoms with Gasteiger partial charge in [0, 0.05) is 13.1 Å². The Morgan fingerprint density at radius 1 is 1.07 bits per heavy atom. The number of nitrogens with zero attached hydrogens (tertiary/aromatic N) is 1. The van der Waals surface area contributed by atoms with Crippen LogP contribution >= 0.6 is 0 Å². The van der Waals surface area contributed by atoms with Crippen molar-refractivity contribution in [2.75, 3.05) is 6.54 Å². The van der Waals surface area contributed by atoms with Gasteiger partial charge in [-0.15, -0.1) is 0 Å². The number of amides is 2. The second-order valence-corrected chi connectivity index (χ2v) is 7.43. The van der Waals surface area contributed by atoms with Crippen molar-refractivity contribution < 1.29 is 9.59 Å². The highest BCUT2D eigenvalue weighted by Crippen LogP contribution is 2.15. The van der Waals surface area contributed by atoms with Crippen LogP contribution in [-0.2, 0) is 22.6 Å². The minimum atomic E-state index is -0.520. The minimum absolute atomic E-state index is 0.0334. The second kappa shape index (κ2) is 10.6. The summed E-state index contributed by atoms with van der Waals surface area (Å²) in [5.74, 6) is -0.131. The van der Waals surface area contributed by atoms with Gasteiger partial charge in [0.25, 0.3) is 0 Å². The molecule has 0 saturated carbocycles. The predicted molar refractivity (Wildman–Crippen MR) is 114 cm³/mol. The highest BCUT2D eigenvalue weighted by atomic mass is 16.2. The van der Waals surface area contributed by atoms with Crippen LogP contribution in [-0.4, -0.2) is 29.3 Å². The molecule has 28 heavy (non-hydrogen) atoms. The molecule has 1 unspecified atom stereocenters. The molecule has 2 rings (SSSR count). The van der Waals surface area contributed by atoms with Crippen LogP contribution in [0.5, 0.6) is 0 Å². The van der Waals surface area contributed by atoms with Crippen molar-refractivity contribution in [3.05, 3.63) is 70.8 Å². The van der Waals surface area contributed by atoms with Crippen molar-refractivity contribution in [1.29, 1.82) is 0 Å². The zero-order valence-corrected chi connectivity index (χ0v) is 17.5. The van der Waals surface area contributed by atoms with E-state index < -0.39 is 6.04 Å². The number of rotatable bonds is 9. The first kappa shape index (κ1) is 21.7. The molecule has 1 N–H and O–H groups in total. The summed E-state index contributed by atoms with van der Waals surface area (Å²) in [7, 11) is 0. The van der Waals surface area contributed by atoms with Gasteiger partial charge in [0.15, 0.2) is 0 Å². The summed E-state index contributed by atoms with van der Waals surface area (Å²) in [6, 6.07) is 15.5. The maximum atomic E-state index is 13.2. The van der Waals surface area contributed by atoms with Crippen LogP contribution < -0.4 is 5.32 Å². The van der Waals surface area contributed by atoms with Gasteiger partial charge in [0.1, 0.15) is 6.04 Å². The lowest BCUT2D eigenvalue weighted by molar-refractivity contribution is -0.140. The summed E-state index contributed by atoms with van der Waals surface area (Å²) in [6.45, 7) is 9.01. The lowest BCUT2D eigenvalue weighted by Gasteiger charge is -2.29. The average molecular weight is 381 g/mol. The van der Waals surface area contributed by atoms with Crippen molar-refractivity contribution in [2.45, 2.75) is 59.5 Å². The Morgan fingerprint density at radius 3 is 2.50 bits per heavy atom. The van der Waals surface area contributed by atoms with Crippen LogP contribution in [0.25, 0.3) is 0 Å². The molecule has 0 radical (unpaired) electrons. The fourth-order valence-corrected chi connectivity index (χ4v) is 3.20. The van der Waals surface area contributed by atoms with Gasteiger partial charge in [-0.25, -0.2) is 0 Å². The van der Waals surface area contributed by atoms with Gasteiger partial charge in [-0.05, 0) is 43.9 Å². The van der Waals surface area contributed by atoms with Crippen molar-refractivity contribution in [3.8, 4) is 0 Å². The van der Waals surface area contributed by atoms with E-state index in [1.165, 1.54) is 0 Å². The first-order valence-electron chi connectivity index (χ1n) is 10.1. The van der Waals surface area contributed by atoms with Crippen molar-refractivity contribution in [1.82, 2.24) is 10.2 Å². The molecule has 0 aliphatic heterocycles. The van der Waals surface area contributed by atoms with Gasteiger partial charge in [-0.3, -0.25) is 9.59 Å². The number of aryl methyl sites for hydroxylation is 2. The average Bonchev–Trinajstić information content (AvgIpc) is 2.67. The third-order valence-corrected chi connectivity index (χ3v) is 5.04. The molecular formula is C24H32N2O2. The highest BCUT2D eigenvalue weighted by Gasteiger charge is 2.26.